The number of likely N-dealkylation sites (tertiary alicyclic amines) is 1. The number of carbonyl (C=O) groups is 2. The quantitative estimate of drug-likeness (QED) is 0.359. The van der Waals surface area contributed by atoms with Gasteiger partial charge in [0, 0.05) is 13.1 Å². The molecule has 1 amide bonds. The van der Waals surface area contributed by atoms with Crippen molar-refractivity contribution in [2.75, 3.05) is 39.7 Å². The largest absolute Gasteiger partial charge is 0.458 e. The average Bonchev–Trinajstić information content (AvgIpc) is 2.92. The van der Waals surface area contributed by atoms with Gasteiger partial charge in [0.1, 0.15) is 38.8 Å². The smallest absolute Gasteiger partial charge is 0.410 e. The van der Waals surface area contributed by atoms with Crippen molar-refractivity contribution in [3.63, 3.8) is 0 Å². The summed E-state index contributed by atoms with van der Waals surface area (Å²) in [5.74, 6) is -0.566. The molecule has 0 aliphatic carbocycles. The zero-order valence-electron chi connectivity index (χ0n) is 22.2. The van der Waals surface area contributed by atoms with E-state index in [1.54, 1.807) is 37.8 Å². The Morgan fingerprint density at radius 2 is 1.55 bits per heavy atom. The number of piperidine rings is 1. The molecule has 1 aliphatic rings. The van der Waals surface area contributed by atoms with E-state index in [0.29, 0.717) is 5.56 Å². The fraction of sp³-hybridized carbons (Fsp3) is 0.517. The Morgan fingerprint density at radius 1 is 0.921 bits per heavy atom. The molecule has 9 heteroatoms. The number of nitrogens with zero attached hydrogens (tertiary/aromatic N) is 1. The normalized spacial score (nSPS) is 15.7. The van der Waals surface area contributed by atoms with Gasteiger partial charge in [-0.05, 0) is 50.3 Å². The number of ether oxygens (including phenoxy) is 3. The molecule has 2 aromatic rings. The van der Waals surface area contributed by atoms with Crippen molar-refractivity contribution in [2.45, 2.75) is 56.8 Å². The van der Waals surface area contributed by atoms with Crippen molar-refractivity contribution < 1.29 is 37.0 Å². The highest BCUT2D eigenvalue weighted by molar-refractivity contribution is 5.71. The van der Waals surface area contributed by atoms with Crippen LogP contribution in [0.3, 0.4) is 0 Å². The van der Waals surface area contributed by atoms with Gasteiger partial charge in [-0.3, -0.25) is 0 Å². The first-order chi connectivity index (χ1) is 18.1. The first-order valence-electron chi connectivity index (χ1n) is 12.7. The molecule has 0 unspecified atom stereocenters. The van der Waals surface area contributed by atoms with Crippen LogP contribution in [-0.2, 0) is 36.6 Å². The van der Waals surface area contributed by atoms with E-state index in [4.69, 9.17) is 14.2 Å². The second-order valence-electron chi connectivity index (χ2n) is 10.7. The van der Waals surface area contributed by atoms with Gasteiger partial charge in [0.15, 0.2) is 0 Å². The molecular weight excluding hydrogens is 499 g/mol. The fourth-order valence-electron chi connectivity index (χ4n) is 4.42. The lowest BCUT2D eigenvalue weighted by atomic mass is 9.78. The van der Waals surface area contributed by atoms with Crippen LogP contribution in [0.1, 0.15) is 50.3 Å². The number of amides is 1. The number of hydrogen-bond acceptors (Lipinski definition) is 5. The molecule has 0 spiro atoms. The van der Waals surface area contributed by atoms with Crippen LogP contribution in [0.5, 0.6) is 0 Å². The lowest BCUT2D eigenvalue weighted by Crippen LogP contribution is -2.47. The first-order valence-corrected chi connectivity index (χ1v) is 12.7. The zero-order chi connectivity index (χ0) is 27.8. The number of esters is 1. The van der Waals surface area contributed by atoms with Crippen molar-refractivity contribution in [2.24, 2.45) is 0 Å². The van der Waals surface area contributed by atoms with Crippen molar-refractivity contribution >= 4 is 12.1 Å². The third kappa shape index (κ3) is 7.28. The van der Waals surface area contributed by atoms with E-state index < -0.39 is 48.7 Å². The van der Waals surface area contributed by atoms with Gasteiger partial charge in [0.05, 0.1) is 11.0 Å². The third-order valence-electron chi connectivity index (χ3n) is 6.69. The Morgan fingerprint density at radius 3 is 2.13 bits per heavy atom. The molecule has 1 fully saturated rings. The van der Waals surface area contributed by atoms with Crippen LogP contribution in [0, 0.1) is 0 Å². The molecule has 2 aromatic carbocycles. The molecule has 1 aliphatic heterocycles. The predicted molar refractivity (Wildman–Crippen MR) is 137 cm³/mol. The molecule has 0 bridgehead atoms. The summed E-state index contributed by atoms with van der Waals surface area (Å²) in [7, 11) is 0. The van der Waals surface area contributed by atoms with E-state index in [9.17, 15) is 22.8 Å². The lowest BCUT2D eigenvalue weighted by molar-refractivity contribution is -0.171. The molecule has 3 rings (SSSR count). The van der Waals surface area contributed by atoms with Crippen LogP contribution < -0.4 is 0 Å². The van der Waals surface area contributed by atoms with Gasteiger partial charge in [-0.1, -0.05) is 54.6 Å². The topological polar surface area (TPSA) is 65.1 Å². The highest BCUT2D eigenvalue weighted by Crippen LogP contribution is 2.39. The van der Waals surface area contributed by atoms with Gasteiger partial charge >= 0.3 is 12.1 Å². The average molecular weight is 536 g/mol. The molecule has 0 atom stereocenters. The van der Waals surface area contributed by atoms with Crippen LogP contribution in [0.2, 0.25) is 0 Å². The van der Waals surface area contributed by atoms with Crippen LogP contribution in [0.15, 0.2) is 54.6 Å². The molecule has 6 nitrogen and oxygen atoms in total. The Hall–Kier alpha value is -3.07. The summed E-state index contributed by atoms with van der Waals surface area (Å²) in [6, 6.07) is 15.7. The summed E-state index contributed by atoms with van der Waals surface area (Å²) < 4.78 is 58.3. The van der Waals surface area contributed by atoms with Crippen LogP contribution in [-0.4, -0.2) is 62.3 Å². The standard InChI is InChI=1S/C29H36F3NO5/c1-27(2,3)38-25(34)18-37-29(24-11-7-10-23(16-24)28(19-30,20-31)21-32)12-14-33(15-13-29)26(35)36-17-22-8-5-4-6-9-22/h4-11,16H,12-15,17-21H2,1-3H3. The SMILES string of the molecule is CC(C)(C)OC(=O)COC1(c2cccc(C(CF)(CF)CF)c2)CCN(C(=O)OCc2ccccc2)CC1. The molecule has 0 radical (unpaired) electrons. The van der Waals surface area contributed by atoms with E-state index in [2.05, 4.69) is 0 Å². The van der Waals surface area contributed by atoms with Crippen LogP contribution >= 0.6 is 0 Å². The Balaban J connectivity index is 1.80. The monoisotopic (exact) mass is 535 g/mol. The highest BCUT2D eigenvalue weighted by Gasteiger charge is 2.41. The number of carbonyl (C=O) groups excluding carboxylic acids is 2. The van der Waals surface area contributed by atoms with Gasteiger partial charge in [0.25, 0.3) is 0 Å². The van der Waals surface area contributed by atoms with Gasteiger partial charge in [-0.25, -0.2) is 22.8 Å². The Kier molecular flexibility index (Phi) is 9.82. The summed E-state index contributed by atoms with van der Waals surface area (Å²) >= 11 is 0. The molecule has 0 saturated carbocycles. The first kappa shape index (κ1) is 29.5. The van der Waals surface area contributed by atoms with E-state index in [-0.39, 0.29) is 44.7 Å². The number of alkyl halides is 3. The fourth-order valence-corrected chi connectivity index (χ4v) is 4.42. The molecule has 208 valence electrons. The van der Waals surface area contributed by atoms with E-state index >= 15 is 0 Å². The van der Waals surface area contributed by atoms with Gasteiger partial charge < -0.3 is 19.1 Å². The summed E-state index contributed by atoms with van der Waals surface area (Å²) in [5.41, 5.74) is -2.07. The van der Waals surface area contributed by atoms with Crippen LogP contribution in [0.4, 0.5) is 18.0 Å². The number of benzene rings is 2. The van der Waals surface area contributed by atoms with E-state index in [1.165, 1.54) is 12.1 Å². The van der Waals surface area contributed by atoms with E-state index in [1.807, 2.05) is 30.3 Å². The summed E-state index contributed by atoms with van der Waals surface area (Å²) in [6.07, 6.45) is 0.0934. The number of hydrogen-bond donors (Lipinski definition) is 0. The minimum Gasteiger partial charge on any atom is -0.458 e. The Labute approximate surface area is 222 Å². The molecule has 0 aromatic heterocycles. The van der Waals surface area contributed by atoms with Gasteiger partial charge in [-0.2, -0.15) is 0 Å². The van der Waals surface area contributed by atoms with Crippen molar-refractivity contribution in [1.29, 1.82) is 0 Å². The Bertz CT molecular complexity index is 1050. The second-order valence-corrected chi connectivity index (χ2v) is 10.7. The van der Waals surface area contributed by atoms with Crippen molar-refractivity contribution in [3.8, 4) is 0 Å². The third-order valence-corrected chi connectivity index (χ3v) is 6.69. The van der Waals surface area contributed by atoms with Gasteiger partial charge in [0.2, 0.25) is 0 Å². The minimum atomic E-state index is -1.90. The minimum absolute atomic E-state index is 0.135. The summed E-state index contributed by atoms with van der Waals surface area (Å²) in [6.45, 7) is 1.93. The van der Waals surface area contributed by atoms with Gasteiger partial charge in [-0.15, -0.1) is 0 Å². The number of rotatable bonds is 10. The maximum atomic E-state index is 13.8. The maximum Gasteiger partial charge on any atom is 0.410 e. The molecular formula is C29H36F3NO5. The molecule has 38 heavy (non-hydrogen) atoms. The summed E-state index contributed by atoms with van der Waals surface area (Å²) in [5, 5.41) is 0. The van der Waals surface area contributed by atoms with Crippen LogP contribution in [0.25, 0.3) is 0 Å². The lowest BCUT2D eigenvalue weighted by Gasteiger charge is -2.42. The predicted octanol–water partition coefficient (Wildman–Crippen LogP) is 5.82. The number of halogens is 3. The summed E-state index contributed by atoms with van der Waals surface area (Å²) in [4.78, 5) is 26.7. The second kappa shape index (κ2) is 12.7. The van der Waals surface area contributed by atoms with E-state index in [0.717, 1.165) is 5.56 Å². The molecule has 0 N–H and O–H groups in total. The maximum absolute atomic E-state index is 13.8. The highest BCUT2D eigenvalue weighted by atomic mass is 19.1. The zero-order valence-corrected chi connectivity index (χ0v) is 22.2. The molecule has 1 heterocycles. The van der Waals surface area contributed by atoms with Crippen molar-refractivity contribution in [1.82, 2.24) is 4.90 Å². The van der Waals surface area contributed by atoms with Crippen molar-refractivity contribution in [3.05, 3.63) is 71.3 Å². The molecule has 1 saturated heterocycles.